The molecule has 7 heteroatoms. The van der Waals surface area contributed by atoms with Gasteiger partial charge in [0.1, 0.15) is 5.69 Å². The van der Waals surface area contributed by atoms with Crippen LogP contribution < -0.4 is 10.6 Å². The van der Waals surface area contributed by atoms with Crippen LogP contribution in [-0.4, -0.2) is 31.2 Å². The highest BCUT2D eigenvalue weighted by atomic mass is 35.5. The molecule has 0 aliphatic heterocycles. The number of nitrogens with one attached hydrogen (secondary N) is 2. The van der Waals surface area contributed by atoms with Crippen LogP contribution in [0.2, 0.25) is 10.0 Å². The van der Waals surface area contributed by atoms with Gasteiger partial charge in [0.25, 0.3) is 5.91 Å². The monoisotopic (exact) mass is 339 g/mol. The number of benzene rings is 1. The zero-order valence-electron chi connectivity index (χ0n) is 11.9. The average Bonchev–Trinajstić information content (AvgIpc) is 2.47. The SMILES string of the molecule is COCCNC(=O)c1ccc(Nc2cc(Cl)cc(Cl)c2)cn1. The molecule has 1 aromatic carbocycles. The van der Waals surface area contributed by atoms with Crippen molar-refractivity contribution in [2.24, 2.45) is 0 Å². The van der Waals surface area contributed by atoms with Gasteiger partial charge in [0, 0.05) is 29.4 Å². The van der Waals surface area contributed by atoms with Crippen molar-refractivity contribution in [3.63, 3.8) is 0 Å². The summed E-state index contributed by atoms with van der Waals surface area (Å²) in [7, 11) is 1.58. The molecule has 0 fully saturated rings. The van der Waals surface area contributed by atoms with Gasteiger partial charge in [-0.05, 0) is 30.3 Å². The molecule has 2 N–H and O–H groups in total. The van der Waals surface area contributed by atoms with Gasteiger partial charge in [0.05, 0.1) is 18.5 Å². The summed E-state index contributed by atoms with van der Waals surface area (Å²) in [6, 6.07) is 8.54. The quantitative estimate of drug-likeness (QED) is 0.790. The van der Waals surface area contributed by atoms with E-state index in [0.29, 0.717) is 28.9 Å². The fourth-order valence-corrected chi connectivity index (χ4v) is 2.28. The Balaban J connectivity index is 2.01. The molecular formula is C15H15Cl2N3O2. The van der Waals surface area contributed by atoms with Gasteiger partial charge in [0.2, 0.25) is 0 Å². The number of aromatic nitrogens is 1. The highest BCUT2D eigenvalue weighted by Crippen LogP contribution is 2.25. The molecule has 1 aromatic heterocycles. The van der Waals surface area contributed by atoms with Crippen LogP contribution in [0, 0.1) is 0 Å². The van der Waals surface area contributed by atoms with E-state index in [9.17, 15) is 4.79 Å². The predicted octanol–water partition coefficient (Wildman–Crippen LogP) is 3.51. The van der Waals surface area contributed by atoms with E-state index < -0.39 is 0 Å². The molecule has 5 nitrogen and oxygen atoms in total. The normalized spacial score (nSPS) is 10.3. The lowest BCUT2D eigenvalue weighted by atomic mass is 10.3. The summed E-state index contributed by atoms with van der Waals surface area (Å²) in [6.45, 7) is 0.902. The molecule has 0 saturated heterocycles. The number of nitrogens with zero attached hydrogens (tertiary/aromatic N) is 1. The number of methoxy groups -OCH3 is 1. The zero-order valence-corrected chi connectivity index (χ0v) is 13.4. The Bertz CT molecular complexity index is 627. The molecule has 1 heterocycles. The topological polar surface area (TPSA) is 63.2 Å². The Morgan fingerprint density at radius 1 is 1.18 bits per heavy atom. The van der Waals surface area contributed by atoms with E-state index in [2.05, 4.69) is 15.6 Å². The van der Waals surface area contributed by atoms with Crippen molar-refractivity contribution in [3.05, 3.63) is 52.3 Å². The molecule has 0 spiro atoms. The molecule has 0 unspecified atom stereocenters. The van der Waals surface area contributed by atoms with Gasteiger partial charge >= 0.3 is 0 Å². The van der Waals surface area contributed by atoms with Crippen molar-refractivity contribution in [3.8, 4) is 0 Å². The van der Waals surface area contributed by atoms with E-state index in [1.807, 2.05) is 0 Å². The second kappa shape index (κ2) is 7.98. The summed E-state index contributed by atoms with van der Waals surface area (Å²) in [4.78, 5) is 15.9. The van der Waals surface area contributed by atoms with Gasteiger partial charge in [0.15, 0.2) is 0 Å². The third-order valence-corrected chi connectivity index (χ3v) is 3.18. The minimum atomic E-state index is -0.241. The Morgan fingerprint density at radius 2 is 1.91 bits per heavy atom. The van der Waals surface area contributed by atoms with E-state index in [0.717, 1.165) is 11.4 Å². The number of carbonyl (C=O) groups excluding carboxylic acids is 1. The van der Waals surface area contributed by atoms with Crippen LogP contribution in [-0.2, 0) is 4.74 Å². The maximum absolute atomic E-state index is 11.8. The second-order valence-corrected chi connectivity index (χ2v) is 5.34. The molecule has 2 rings (SSSR count). The summed E-state index contributed by atoms with van der Waals surface area (Å²) >= 11 is 11.9. The first-order valence-corrected chi connectivity index (χ1v) is 7.30. The number of rotatable bonds is 6. The summed E-state index contributed by atoms with van der Waals surface area (Å²) in [5, 5.41) is 6.90. The largest absolute Gasteiger partial charge is 0.383 e. The zero-order chi connectivity index (χ0) is 15.9. The van der Waals surface area contributed by atoms with Crippen molar-refractivity contribution in [2.45, 2.75) is 0 Å². The predicted molar refractivity (Wildman–Crippen MR) is 88.2 cm³/mol. The molecule has 0 bridgehead atoms. The van der Waals surface area contributed by atoms with Crippen molar-refractivity contribution in [1.29, 1.82) is 0 Å². The number of hydrogen-bond acceptors (Lipinski definition) is 4. The van der Waals surface area contributed by atoms with Gasteiger partial charge in [-0.3, -0.25) is 4.79 Å². The van der Waals surface area contributed by atoms with E-state index in [4.69, 9.17) is 27.9 Å². The number of pyridine rings is 1. The van der Waals surface area contributed by atoms with Crippen LogP contribution in [0.1, 0.15) is 10.5 Å². The lowest BCUT2D eigenvalue weighted by Crippen LogP contribution is -2.27. The van der Waals surface area contributed by atoms with Crippen molar-refractivity contribution >= 4 is 40.5 Å². The number of halogens is 2. The first-order chi connectivity index (χ1) is 10.6. The van der Waals surface area contributed by atoms with E-state index in [1.54, 1.807) is 43.6 Å². The van der Waals surface area contributed by atoms with Gasteiger partial charge in [-0.1, -0.05) is 23.2 Å². The van der Waals surface area contributed by atoms with E-state index >= 15 is 0 Å². The van der Waals surface area contributed by atoms with Crippen LogP contribution in [0.15, 0.2) is 36.5 Å². The molecule has 22 heavy (non-hydrogen) atoms. The fourth-order valence-electron chi connectivity index (χ4n) is 1.75. The number of amides is 1. The first-order valence-electron chi connectivity index (χ1n) is 6.55. The lowest BCUT2D eigenvalue weighted by molar-refractivity contribution is 0.0932. The van der Waals surface area contributed by atoms with Gasteiger partial charge in [-0.25, -0.2) is 4.98 Å². The van der Waals surface area contributed by atoms with Crippen molar-refractivity contribution in [2.75, 3.05) is 25.6 Å². The Kier molecular flexibility index (Phi) is 6.00. The maximum atomic E-state index is 11.8. The summed E-state index contributed by atoms with van der Waals surface area (Å²) in [5.74, 6) is -0.241. The van der Waals surface area contributed by atoms with Crippen LogP contribution in [0.3, 0.4) is 0 Å². The first kappa shape index (κ1) is 16.5. The minimum Gasteiger partial charge on any atom is -0.383 e. The third kappa shape index (κ3) is 4.87. The highest BCUT2D eigenvalue weighted by Gasteiger charge is 2.06. The Morgan fingerprint density at radius 3 is 2.50 bits per heavy atom. The smallest absolute Gasteiger partial charge is 0.269 e. The highest BCUT2D eigenvalue weighted by molar-refractivity contribution is 6.35. The molecule has 0 saturated carbocycles. The van der Waals surface area contributed by atoms with Gasteiger partial charge in [-0.2, -0.15) is 0 Å². The van der Waals surface area contributed by atoms with Crippen molar-refractivity contribution < 1.29 is 9.53 Å². The number of hydrogen-bond donors (Lipinski definition) is 2. The number of ether oxygens (including phenoxy) is 1. The Labute approximate surface area is 138 Å². The van der Waals surface area contributed by atoms with Crippen LogP contribution in [0.4, 0.5) is 11.4 Å². The second-order valence-electron chi connectivity index (χ2n) is 4.46. The Hall–Kier alpha value is -1.82. The molecule has 0 aliphatic carbocycles. The average molecular weight is 340 g/mol. The van der Waals surface area contributed by atoms with Gasteiger partial charge < -0.3 is 15.4 Å². The van der Waals surface area contributed by atoms with Crippen LogP contribution in [0.5, 0.6) is 0 Å². The number of carbonyl (C=O) groups is 1. The molecule has 2 aromatic rings. The summed E-state index contributed by atoms with van der Waals surface area (Å²) < 4.78 is 4.87. The third-order valence-electron chi connectivity index (χ3n) is 2.74. The van der Waals surface area contributed by atoms with E-state index in [1.165, 1.54) is 0 Å². The summed E-state index contributed by atoms with van der Waals surface area (Å²) in [6.07, 6.45) is 1.57. The molecule has 0 atom stereocenters. The molecular weight excluding hydrogens is 325 g/mol. The molecule has 0 radical (unpaired) electrons. The standard InChI is InChI=1S/C15H15Cl2N3O2/c1-22-5-4-18-15(21)14-3-2-12(9-19-14)20-13-7-10(16)6-11(17)8-13/h2-3,6-9,20H,4-5H2,1H3,(H,18,21). The van der Waals surface area contributed by atoms with Crippen molar-refractivity contribution in [1.82, 2.24) is 10.3 Å². The number of anilines is 2. The lowest BCUT2D eigenvalue weighted by Gasteiger charge is -2.08. The molecule has 116 valence electrons. The van der Waals surface area contributed by atoms with E-state index in [-0.39, 0.29) is 5.91 Å². The minimum absolute atomic E-state index is 0.241. The molecule has 1 amide bonds. The van der Waals surface area contributed by atoms with Crippen LogP contribution in [0.25, 0.3) is 0 Å². The van der Waals surface area contributed by atoms with Crippen LogP contribution >= 0.6 is 23.2 Å². The maximum Gasteiger partial charge on any atom is 0.269 e. The molecule has 0 aliphatic rings. The van der Waals surface area contributed by atoms with Gasteiger partial charge in [-0.15, -0.1) is 0 Å². The summed E-state index contributed by atoms with van der Waals surface area (Å²) in [5.41, 5.74) is 1.81. The fraction of sp³-hybridized carbons (Fsp3) is 0.200.